The average Bonchev–Trinajstić information content (AvgIpc) is 3.41. The van der Waals surface area contributed by atoms with E-state index in [1.807, 2.05) is 13.8 Å². The van der Waals surface area contributed by atoms with Gasteiger partial charge >= 0.3 is 5.97 Å². The molecule has 0 bridgehead atoms. The van der Waals surface area contributed by atoms with Gasteiger partial charge in [0.05, 0.1) is 12.8 Å². The van der Waals surface area contributed by atoms with E-state index in [1.165, 1.54) is 23.8 Å². The Kier molecular flexibility index (Phi) is 17.9. The fourth-order valence-corrected chi connectivity index (χ4v) is 3.72. The molecule has 2 aromatic rings. The second kappa shape index (κ2) is 19.2. The van der Waals surface area contributed by atoms with Crippen LogP contribution in [0.1, 0.15) is 57.4 Å². The number of hydrogen-bond acceptors (Lipinski definition) is 9. The van der Waals surface area contributed by atoms with Gasteiger partial charge in [-0.1, -0.05) is 34.3 Å². The molecule has 5 N–H and O–H groups in total. The molecule has 0 atom stereocenters. The summed E-state index contributed by atoms with van der Waals surface area (Å²) < 4.78 is 4.42. The second-order valence-electron chi connectivity index (χ2n) is 9.97. The van der Waals surface area contributed by atoms with Crippen LogP contribution in [0.4, 0.5) is 5.69 Å². The van der Waals surface area contributed by atoms with Crippen molar-refractivity contribution in [2.45, 2.75) is 47.0 Å². The molecule has 1 aromatic carbocycles. The Balaban J connectivity index is 0.00000163. The van der Waals surface area contributed by atoms with Gasteiger partial charge in [0.25, 0.3) is 11.8 Å². The van der Waals surface area contributed by atoms with Crippen molar-refractivity contribution in [2.24, 2.45) is 11.3 Å². The van der Waals surface area contributed by atoms with Crippen LogP contribution in [0, 0.1) is 11.3 Å². The van der Waals surface area contributed by atoms with Gasteiger partial charge in [0, 0.05) is 67.3 Å². The summed E-state index contributed by atoms with van der Waals surface area (Å²) in [6.45, 7) is 10.7. The van der Waals surface area contributed by atoms with Crippen molar-refractivity contribution in [1.82, 2.24) is 15.6 Å². The summed E-state index contributed by atoms with van der Waals surface area (Å²) in [5, 5.41) is 18.6. The predicted molar refractivity (Wildman–Crippen MR) is 157 cm³/mol. The van der Waals surface area contributed by atoms with E-state index in [1.54, 1.807) is 38.1 Å². The third-order valence-electron chi connectivity index (χ3n) is 5.59. The summed E-state index contributed by atoms with van der Waals surface area (Å²) in [5.74, 6) is -2.07. The number of carbonyl (C=O) groups excluding carboxylic acids is 5. The Bertz CT molecular complexity index is 1230. The van der Waals surface area contributed by atoms with Gasteiger partial charge in [-0.15, -0.1) is 11.3 Å². The van der Waals surface area contributed by atoms with Crippen molar-refractivity contribution in [2.75, 3.05) is 25.6 Å². The molecular formula is C28H38N5O7SY-. The number of ether oxygens (including phenoxy) is 1. The Morgan fingerprint density at radius 2 is 1.76 bits per heavy atom. The quantitative estimate of drug-likeness (QED) is 0.183. The minimum absolute atomic E-state index is 0. The number of aromatic nitrogens is 1. The molecule has 42 heavy (non-hydrogen) atoms. The number of aliphatic hydroxyl groups is 1. The van der Waals surface area contributed by atoms with Crippen LogP contribution in [0.15, 0.2) is 41.9 Å². The van der Waals surface area contributed by atoms with Crippen LogP contribution in [-0.2, 0) is 56.6 Å². The fraction of sp³-hybridized carbons (Fsp3) is 0.429. The number of nitrogens with zero attached hydrogens (tertiary/aromatic N) is 1. The molecule has 0 unspecified atom stereocenters. The summed E-state index contributed by atoms with van der Waals surface area (Å²) in [6.07, 6.45) is 1.61. The van der Waals surface area contributed by atoms with E-state index in [0.29, 0.717) is 29.5 Å². The molecule has 1 radical (unpaired) electrons. The fourth-order valence-electron chi connectivity index (χ4n) is 2.91. The average molecular weight is 678 g/mol. The van der Waals surface area contributed by atoms with E-state index in [2.05, 4.69) is 32.3 Å². The minimum atomic E-state index is -0.719. The van der Waals surface area contributed by atoms with Crippen LogP contribution in [0.3, 0.4) is 0 Å². The van der Waals surface area contributed by atoms with Crippen molar-refractivity contribution in [3.63, 3.8) is 0 Å². The number of carbonyl (C=O) groups is 5. The van der Waals surface area contributed by atoms with Crippen molar-refractivity contribution >= 4 is 46.6 Å². The number of methoxy groups -OCH3 is 1. The molecule has 227 valence electrons. The first-order valence-electron chi connectivity index (χ1n) is 12.8. The number of aliphatic hydroxyl groups excluding tert-OH is 1. The zero-order valence-electron chi connectivity index (χ0n) is 24.5. The number of benzene rings is 1. The normalized spacial score (nSPS) is 10.4. The number of rotatable bonds is 13. The molecule has 0 saturated heterocycles. The van der Waals surface area contributed by atoms with Crippen LogP contribution in [0.5, 0.6) is 0 Å². The van der Waals surface area contributed by atoms with Crippen LogP contribution in [-0.4, -0.2) is 59.9 Å². The summed E-state index contributed by atoms with van der Waals surface area (Å²) in [5.41, 5.74) is 7.03. The van der Waals surface area contributed by atoms with E-state index >= 15 is 0 Å². The summed E-state index contributed by atoms with van der Waals surface area (Å²) in [6, 6.07) is 6.95. The SMILES string of the molecule is C=C(NC(=O)c1csc(-c2ccc(NC(=O)C(C)(C)CCO)cc2)n1)C(=O)NCC(=O)OC.CC(C)CCC([NH-])=O.[Y]. The van der Waals surface area contributed by atoms with Gasteiger partial charge in [0.15, 0.2) is 0 Å². The molecule has 0 spiro atoms. The van der Waals surface area contributed by atoms with Gasteiger partial charge in [-0.3, -0.25) is 19.2 Å². The van der Waals surface area contributed by atoms with Crippen molar-refractivity contribution in [3.8, 4) is 10.6 Å². The van der Waals surface area contributed by atoms with Crippen LogP contribution in [0.25, 0.3) is 16.3 Å². The van der Waals surface area contributed by atoms with Crippen LogP contribution in [0.2, 0.25) is 0 Å². The minimum Gasteiger partial charge on any atom is -0.668 e. The maximum absolute atomic E-state index is 12.4. The number of amides is 4. The number of esters is 1. The first kappa shape index (κ1) is 39.0. The topological polar surface area (TPSA) is 188 Å². The van der Waals surface area contributed by atoms with Gasteiger partial charge in [0.1, 0.15) is 17.2 Å². The molecule has 0 aliphatic rings. The van der Waals surface area contributed by atoms with E-state index in [9.17, 15) is 24.0 Å². The zero-order valence-corrected chi connectivity index (χ0v) is 28.2. The molecule has 0 aliphatic carbocycles. The first-order chi connectivity index (χ1) is 19.2. The third kappa shape index (κ3) is 14.3. The molecule has 1 heterocycles. The Hall–Kier alpha value is -3.00. The van der Waals surface area contributed by atoms with Gasteiger partial charge in [-0.2, -0.15) is 0 Å². The number of thiazole rings is 1. The van der Waals surface area contributed by atoms with Gasteiger partial charge < -0.3 is 36.3 Å². The second-order valence-corrected chi connectivity index (χ2v) is 10.8. The van der Waals surface area contributed by atoms with Crippen molar-refractivity contribution < 1.29 is 66.5 Å². The smallest absolute Gasteiger partial charge is 0.325 e. The van der Waals surface area contributed by atoms with Gasteiger partial charge in [-0.25, -0.2) is 4.98 Å². The number of hydrogen-bond donors (Lipinski definition) is 4. The molecule has 0 saturated carbocycles. The zero-order chi connectivity index (χ0) is 31.2. The molecule has 0 aliphatic heterocycles. The molecule has 12 nitrogen and oxygen atoms in total. The summed E-state index contributed by atoms with van der Waals surface area (Å²) in [4.78, 5) is 61.9. The maximum atomic E-state index is 12.4. The van der Waals surface area contributed by atoms with E-state index in [0.717, 1.165) is 12.0 Å². The molecule has 1 aromatic heterocycles. The molecule has 0 fully saturated rings. The van der Waals surface area contributed by atoms with Crippen LogP contribution >= 0.6 is 11.3 Å². The maximum Gasteiger partial charge on any atom is 0.325 e. The number of anilines is 1. The Labute approximate surface area is 275 Å². The van der Waals surface area contributed by atoms with Gasteiger partial charge in [0.2, 0.25) is 5.91 Å². The monoisotopic (exact) mass is 677 g/mol. The molecule has 2 rings (SSSR count). The molecular weight excluding hydrogens is 639 g/mol. The first-order valence-corrected chi connectivity index (χ1v) is 13.7. The van der Waals surface area contributed by atoms with Crippen LogP contribution < -0.4 is 16.0 Å². The summed E-state index contributed by atoms with van der Waals surface area (Å²) >= 11 is 1.24. The Morgan fingerprint density at radius 3 is 2.26 bits per heavy atom. The predicted octanol–water partition coefficient (Wildman–Crippen LogP) is 3.69. The van der Waals surface area contributed by atoms with E-state index in [-0.39, 0.29) is 63.2 Å². The molecule has 14 heteroatoms. The largest absolute Gasteiger partial charge is 0.668 e. The number of nitrogens with one attached hydrogen (secondary N) is 4. The van der Waals surface area contributed by atoms with E-state index < -0.39 is 29.1 Å². The molecule has 4 amide bonds. The standard InChI is InChI=1S/C22H26N4O6S.C6H13NO.Y/c1-13(18(29)23-11-17(28)32-4)24-19(30)16-12-33-20(26-16)14-5-7-15(8-6-14)25-21(31)22(2,3)9-10-27;1-5(2)3-4-6(7)8;/h5-8,12,27H,1,9-11H2,2-4H3,(H,23,29)(H,24,30)(H,25,31);5H,3-4H2,1-2H3,(H2,7,8);/p-1. The Morgan fingerprint density at radius 1 is 1.14 bits per heavy atom. The van der Waals surface area contributed by atoms with E-state index in [4.69, 9.17) is 10.8 Å². The van der Waals surface area contributed by atoms with Crippen molar-refractivity contribution in [3.05, 3.63) is 53.3 Å². The van der Waals surface area contributed by atoms with Crippen molar-refractivity contribution in [1.29, 1.82) is 0 Å². The third-order valence-corrected chi connectivity index (χ3v) is 6.48. The van der Waals surface area contributed by atoms with Gasteiger partial charge in [-0.05, 0) is 49.4 Å². The summed E-state index contributed by atoms with van der Waals surface area (Å²) in [7, 11) is 1.19.